The number of rotatable bonds is 2. The molecule has 0 aliphatic rings. The van der Waals surface area contributed by atoms with Crippen molar-refractivity contribution in [3.8, 4) is 24.2 Å². The highest BCUT2D eigenvalue weighted by Crippen LogP contribution is 1.94. The fraction of sp³-hybridized carbons (Fsp3) is 0.0909. The smallest absolute Gasteiger partial charge is 0.0251 e. The van der Waals surface area contributed by atoms with Crippen molar-refractivity contribution in [2.45, 2.75) is 6.92 Å². The van der Waals surface area contributed by atoms with Gasteiger partial charge in [-0.3, -0.25) is 0 Å². The summed E-state index contributed by atoms with van der Waals surface area (Å²) < 4.78 is 0. The Balaban J connectivity index is 4.46. The topological polar surface area (TPSA) is 0 Å². The Kier molecular flexibility index (Phi) is 5.49. The predicted octanol–water partition coefficient (Wildman–Crippen LogP) is 2.31. The summed E-state index contributed by atoms with van der Waals surface area (Å²) in [6, 6.07) is 0. The molecule has 0 heterocycles. The minimum Gasteiger partial charge on any atom is -0.115 e. The van der Waals surface area contributed by atoms with Crippen molar-refractivity contribution in [3.05, 3.63) is 36.5 Å². The molecule has 0 atom stereocenters. The molecule has 0 unspecified atom stereocenters. The summed E-state index contributed by atoms with van der Waals surface area (Å²) in [6.45, 7) is 5.34. The third-order valence-electron chi connectivity index (χ3n) is 0.926. The Bertz CT molecular complexity index is 271. The van der Waals surface area contributed by atoms with Crippen LogP contribution in [0.2, 0.25) is 0 Å². The zero-order valence-corrected chi connectivity index (χ0v) is 6.59. The third-order valence-corrected chi connectivity index (χ3v) is 0.926. The number of hydrogen-bond donors (Lipinski definition) is 0. The average molecular weight is 142 g/mol. The van der Waals surface area contributed by atoms with Crippen LogP contribution >= 0.6 is 0 Å². The SMILES string of the molecule is C#C/C=C/C(C#CC)=C/C=C. The molecule has 0 aromatic carbocycles. The van der Waals surface area contributed by atoms with Gasteiger partial charge < -0.3 is 0 Å². The van der Waals surface area contributed by atoms with Gasteiger partial charge in [-0.1, -0.05) is 24.5 Å². The van der Waals surface area contributed by atoms with Crippen molar-refractivity contribution in [2.24, 2.45) is 0 Å². The van der Waals surface area contributed by atoms with Crippen molar-refractivity contribution < 1.29 is 0 Å². The fourth-order valence-corrected chi connectivity index (χ4v) is 0.548. The van der Waals surface area contributed by atoms with E-state index in [0.29, 0.717) is 0 Å². The molecule has 0 rings (SSSR count). The van der Waals surface area contributed by atoms with Gasteiger partial charge in [0.25, 0.3) is 0 Å². The zero-order valence-electron chi connectivity index (χ0n) is 6.59. The molecule has 0 fully saturated rings. The Morgan fingerprint density at radius 2 is 2.27 bits per heavy atom. The van der Waals surface area contributed by atoms with E-state index in [9.17, 15) is 0 Å². The van der Waals surface area contributed by atoms with Crippen molar-refractivity contribution in [1.82, 2.24) is 0 Å². The zero-order chi connectivity index (χ0) is 8.53. The number of allylic oxidation sites excluding steroid dienone is 5. The lowest BCUT2D eigenvalue weighted by atomic mass is 10.2. The number of hydrogen-bond acceptors (Lipinski definition) is 0. The number of terminal acetylenes is 1. The Hall–Kier alpha value is -1.66. The minimum absolute atomic E-state index is 0.875. The molecule has 0 aromatic rings. The predicted molar refractivity (Wildman–Crippen MR) is 49.7 cm³/mol. The van der Waals surface area contributed by atoms with Gasteiger partial charge in [-0.25, -0.2) is 0 Å². The first-order valence-corrected chi connectivity index (χ1v) is 3.23. The summed E-state index contributed by atoms with van der Waals surface area (Å²) in [5.41, 5.74) is 0.875. The van der Waals surface area contributed by atoms with Gasteiger partial charge in [0.1, 0.15) is 0 Å². The van der Waals surface area contributed by atoms with E-state index in [1.807, 2.05) is 6.08 Å². The van der Waals surface area contributed by atoms with E-state index in [0.717, 1.165) is 5.57 Å². The molecule has 0 heteroatoms. The first kappa shape index (κ1) is 9.34. The van der Waals surface area contributed by atoms with E-state index in [1.165, 1.54) is 0 Å². The largest absolute Gasteiger partial charge is 0.115 e. The molecule has 0 saturated heterocycles. The molecular weight excluding hydrogens is 132 g/mol. The van der Waals surface area contributed by atoms with Crippen LogP contribution in [-0.2, 0) is 0 Å². The summed E-state index contributed by atoms with van der Waals surface area (Å²) >= 11 is 0. The summed E-state index contributed by atoms with van der Waals surface area (Å²) in [5.74, 6) is 8.04. The highest BCUT2D eigenvalue weighted by Gasteiger charge is 1.79. The molecular formula is C11H10. The van der Waals surface area contributed by atoms with Crippen molar-refractivity contribution in [1.29, 1.82) is 0 Å². The molecule has 0 nitrogen and oxygen atoms in total. The summed E-state index contributed by atoms with van der Waals surface area (Å²) in [4.78, 5) is 0. The van der Waals surface area contributed by atoms with E-state index >= 15 is 0 Å². The molecule has 0 amide bonds. The maximum absolute atomic E-state index is 5.03. The molecule has 0 aliphatic heterocycles. The van der Waals surface area contributed by atoms with E-state index in [-0.39, 0.29) is 0 Å². The van der Waals surface area contributed by atoms with Crippen molar-refractivity contribution in [2.75, 3.05) is 0 Å². The van der Waals surface area contributed by atoms with Crippen LogP contribution in [0.5, 0.6) is 0 Å². The van der Waals surface area contributed by atoms with Crippen LogP contribution in [0.1, 0.15) is 6.92 Å². The minimum atomic E-state index is 0.875. The molecule has 54 valence electrons. The van der Waals surface area contributed by atoms with Gasteiger partial charge in [0.05, 0.1) is 0 Å². The van der Waals surface area contributed by atoms with Gasteiger partial charge >= 0.3 is 0 Å². The van der Waals surface area contributed by atoms with E-state index < -0.39 is 0 Å². The van der Waals surface area contributed by atoms with Crippen molar-refractivity contribution in [3.63, 3.8) is 0 Å². The van der Waals surface area contributed by atoms with Crippen molar-refractivity contribution >= 4 is 0 Å². The van der Waals surface area contributed by atoms with Gasteiger partial charge in [-0.2, -0.15) is 0 Å². The van der Waals surface area contributed by atoms with Gasteiger partial charge in [0.15, 0.2) is 0 Å². The summed E-state index contributed by atoms with van der Waals surface area (Å²) in [7, 11) is 0. The van der Waals surface area contributed by atoms with Gasteiger partial charge in [0, 0.05) is 5.57 Å². The van der Waals surface area contributed by atoms with Gasteiger partial charge in [0.2, 0.25) is 0 Å². The van der Waals surface area contributed by atoms with E-state index in [1.54, 1.807) is 25.2 Å². The molecule has 0 aliphatic carbocycles. The molecule has 0 aromatic heterocycles. The second kappa shape index (κ2) is 6.46. The molecule has 0 N–H and O–H groups in total. The highest BCUT2D eigenvalue weighted by atomic mass is 13.8. The van der Waals surface area contributed by atoms with Crippen LogP contribution < -0.4 is 0 Å². The van der Waals surface area contributed by atoms with Gasteiger partial charge in [-0.05, 0) is 25.2 Å². The molecule has 0 radical (unpaired) electrons. The van der Waals surface area contributed by atoms with Crippen LogP contribution in [0, 0.1) is 24.2 Å². The Morgan fingerprint density at radius 3 is 2.73 bits per heavy atom. The Morgan fingerprint density at radius 1 is 1.55 bits per heavy atom. The second-order valence-corrected chi connectivity index (χ2v) is 1.73. The van der Waals surface area contributed by atoms with Crippen LogP contribution in [0.15, 0.2) is 36.5 Å². The average Bonchev–Trinajstić information content (AvgIpc) is 2.01. The standard InChI is InChI=1S/C11H10/c1-4-7-10-11(8-5-2)9-6-3/h1,5,7-8,10H,2H2,3H3/b10-7+,11-8+. The normalized spacial score (nSPS) is 10.0. The van der Waals surface area contributed by atoms with Gasteiger partial charge in [-0.15, -0.1) is 12.3 Å². The summed E-state index contributed by atoms with van der Waals surface area (Å²) in [6.07, 6.45) is 11.9. The third kappa shape index (κ3) is 4.82. The quantitative estimate of drug-likeness (QED) is 0.410. The lowest BCUT2D eigenvalue weighted by Crippen LogP contribution is -1.68. The van der Waals surface area contributed by atoms with Crippen LogP contribution in [0.4, 0.5) is 0 Å². The van der Waals surface area contributed by atoms with Crippen LogP contribution in [0.3, 0.4) is 0 Å². The fourth-order valence-electron chi connectivity index (χ4n) is 0.548. The second-order valence-electron chi connectivity index (χ2n) is 1.73. The lowest BCUT2D eigenvalue weighted by Gasteiger charge is -1.83. The maximum Gasteiger partial charge on any atom is 0.0251 e. The van der Waals surface area contributed by atoms with E-state index in [4.69, 9.17) is 6.42 Å². The first-order valence-electron chi connectivity index (χ1n) is 3.23. The molecule has 0 spiro atoms. The highest BCUT2D eigenvalue weighted by molar-refractivity contribution is 5.41. The Labute approximate surface area is 68.3 Å². The van der Waals surface area contributed by atoms with Crippen LogP contribution in [-0.4, -0.2) is 0 Å². The molecule has 11 heavy (non-hydrogen) atoms. The molecule has 0 saturated carbocycles. The van der Waals surface area contributed by atoms with E-state index in [2.05, 4.69) is 24.3 Å². The monoisotopic (exact) mass is 142 g/mol. The summed E-state index contributed by atoms with van der Waals surface area (Å²) in [5, 5.41) is 0. The molecule has 0 bridgehead atoms. The maximum atomic E-state index is 5.03. The van der Waals surface area contributed by atoms with Crippen LogP contribution in [0.25, 0.3) is 0 Å². The first-order chi connectivity index (χ1) is 5.35. The lowest BCUT2D eigenvalue weighted by molar-refractivity contribution is 1.75.